The highest BCUT2D eigenvalue weighted by molar-refractivity contribution is 5.85. The number of hydrogen-bond acceptors (Lipinski definition) is 3. The van der Waals surface area contributed by atoms with Gasteiger partial charge in [0.25, 0.3) is 0 Å². The maximum Gasteiger partial charge on any atom is 0.333 e. The van der Waals surface area contributed by atoms with E-state index in [2.05, 4.69) is 13.2 Å². The van der Waals surface area contributed by atoms with E-state index in [4.69, 9.17) is 15.3 Å². The summed E-state index contributed by atoms with van der Waals surface area (Å²) in [6.45, 7) is 5.51. The van der Waals surface area contributed by atoms with E-state index in [1.165, 1.54) is 0 Å². The van der Waals surface area contributed by atoms with E-state index < -0.39 is 18.5 Å². The van der Waals surface area contributed by atoms with Crippen LogP contribution in [0.4, 0.5) is 0 Å². The lowest BCUT2D eigenvalue weighted by molar-refractivity contribution is -0.133. The Morgan fingerprint density at radius 1 is 1.33 bits per heavy atom. The fourth-order valence-electron chi connectivity index (χ4n) is 0.0676. The molecule has 0 aromatic heterocycles. The molecule has 0 aromatic rings. The van der Waals surface area contributed by atoms with Crippen molar-refractivity contribution in [2.75, 3.05) is 6.61 Å². The van der Waals surface area contributed by atoms with Crippen molar-refractivity contribution in [2.45, 2.75) is 0 Å². The Bertz CT molecular complexity index is 194. The highest BCUT2D eigenvalue weighted by atomic mass is 16.4. The van der Waals surface area contributed by atoms with Gasteiger partial charge in [0.05, 0.1) is 12.2 Å². The summed E-state index contributed by atoms with van der Waals surface area (Å²) in [4.78, 5) is 18.9. The third kappa shape index (κ3) is 11.2. The Balaban J connectivity index is 0. The van der Waals surface area contributed by atoms with Crippen molar-refractivity contribution in [1.82, 2.24) is 0 Å². The number of aliphatic hydroxyl groups excluding tert-OH is 1. The van der Waals surface area contributed by atoms with Crippen molar-refractivity contribution in [3.63, 3.8) is 0 Å². The van der Waals surface area contributed by atoms with Crippen LogP contribution in [0, 0.1) is 0 Å². The van der Waals surface area contributed by atoms with E-state index in [9.17, 15) is 9.59 Å². The van der Waals surface area contributed by atoms with Gasteiger partial charge in [0.2, 0.25) is 0 Å². The molecular weight excluding hydrogens is 164 g/mol. The minimum Gasteiger partial charge on any atom is -0.478 e. The van der Waals surface area contributed by atoms with Crippen LogP contribution in [0.2, 0.25) is 0 Å². The molecule has 0 aliphatic carbocycles. The quantitative estimate of drug-likeness (QED) is 0.518. The summed E-state index contributed by atoms with van der Waals surface area (Å²) in [6, 6.07) is 0. The van der Waals surface area contributed by atoms with E-state index in [-0.39, 0.29) is 5.57 Å². The Kier molecular flexibility index (Phi) is 8.11. The van der Waals surface area contributed by atoms with Crippen LogP contribution in [0.15, 0.2) is 24.8 Å². The van der Waals surface area contributed by atoms with Gasteiger partial charge in [0.1, 0.15) is 0 Å². The minimum absolute atomic E-state index is 0.181. The molecule has 68 valence electrons. The zero-order valence-electron chi connectivity index (χ0n) is 6.36. The van der Waals surface area contributed by atoms with Crippen LogP contribution in [0.3, 0.4) is 0 Å². The van der Waals surface area contributed by atoms with Crippen molar-refractivity contribution in [3.8, 4) is 0 Å². The molecule has 5 heteroatoms. The molecule has 0 heterocycles. The lowest BCUT2D eigenvalue weighted by atomic mass is 10.3. The van der Waals surface area contributed by atoms with Crippen LogP contribution in [0.5, 0.6) is 0 Å². The van der Waals surface area contributed by atoms with Crippen LogP contribution in [-0.4, -0.2) is 33.9 Å². The molecule has 0 aliphatic heterocycles. The third-order valence-corrected chi connectivity index (χ3v) is 0.668. The van der Waals surface area contributed by atoms with Gasteiger partial charge in [-0.3, -0.25) is 0 Å². The van der Waals surface area contributed by atoms with Crippen LogP contribution in [-0.2, 0) is 9.59 Å². The number of rotatable bonds is 3. The molecular formula is C7H10O5. The summed E-state index contributed by atoms with van der Waals surface area (Å²) < 4.78 is 0. The maximum absolute atomic E-state index is 9.67. The van der Waals surface area contributed by atoms with Gasteiger partial charge in [-0.25, -0.2) is 9.59 Å². The van der Waals surface area contributed by atoms with Gasteiger partial charge in [0, 0.05) is 6.08 Å². The smallest absolute Gasteiger partial charge is 0.333 e. The summed E-state index contributed by atoms with van der Waals surface area (Å²) in [5.41, 5.74) is -0.181. The highest BCUT2D eigenvalue weighted by Crippen LogP contribution is 1.83. The SMILES string of the molecule is C=C(CO)C(=O)O.C=CC(=O)O. The minimum atomic E-state index is -1.15. The third-order valence-electron chi connectivity index (χ3n) is 0.668. The Labute approximate surface area is 69.3 Å². The first kappa shape index (κ1) is 13.0. The summed E-state index contributed by atoms with van der Waals surface area (Å²) in [7, 11) is 0. The molecule has 3 N–H and O–H groups in total. The van der Waals surface area contributed by atoms with E-state index >= 15 is 0 Å². The summed E-state index contributed by atoms with van der Waals surface area (Å²) in [5.74, 6) is -2.13. The lowest BCUT2D eigenvalue weighted by Crippen LogP contribution is -2.01. The Hall–Kier alpha value is -1.62. The van der Waals surface area contributed by atoms with Crippen molar-refractivity contribution in [2.24, 2.45) is 0 Å². The molecule has 0 bridgehead atoms. The Morgan fingerprint density at radius 2 is 1.67 bits per heavy atom. The second-order valence-electron chi connectivity index (χ2n) is 1.61. The molecule has 0 rings (SSSR count). The molecule has 0 aliphatic rings. The summed E-state index contributed by atoms with van der Waals surface area (Å²) >= 11 is 0. The fraction of sp³-hybridized carbons (Fsp3) is 0.143. The van der Waals surface area contributed by atoms with Gasteiger partial charge in [-0.05, 0) is 0 Å². The molecule has 0 amide bonds. The first-order valence-electron chi connectivity index (χ1n) is 2.83. The van der Waals surface area contributed by atoms with E-state index in [1.54, 1.807) is 0 Å². The van der Waals surface area contributed by atoms with E-state index in [0.717, 1.165) is 6.08 Å². The average Bonchev–Trinajstić information content (AvgIpc) is 2.04. The zero-order valence-corrected chi connectivity index (χ0v) is 6.36. The topological polar surface area (TPSA) is 94.8 Å². The van der Waals surface area contributed by atoms with Crippen molar-refractivity contribution < 1.29 is 24.9 Å². The van der Waals surface area contributed by atoms with Gasteiger partial charge in [-0.2, -0.15) is 0 Å². The number of aliphatic hydroxyl groups is 1. The van der Waals surface area contributed by atoms with Crippen LogP contribution < -0.4 is 0 Å². The van der Waals surface area contributed by atoms with Crippen LogP contribution in [0.25, 0.3) is 0 Å². The largest absolute Gasteiger partial charge is 0.478 e. The lowest BCUT2D eigenvalue weighted by Gasteiger charge is -1.87. The maximum atomic E-state index is 9.67. The number of carboxylic acids is 2. The highest BCUT2D eigenvalue weighted by Gasteiger charge is 1.97. The monoisotopic (exact) mass is 174 g/mol. The van der Waals surface area contributed by atoms with E-state index in [1.807, 2.05) is 0 Å². The normalized spacial score (nSPS) is 7.42. The van der Waals surface area contributed by atoms with Crippen LogP contribution in [0.1, 0.15) is 0 Å². The van der Waals surface area contributed by atoms with Gasteiger partial charge >= 0.3 is 11.9 Å². The predicted molar refractivity (Wildman–Crippen MR) is 41.7 cm³/mol. The molecule has 0 saturated heterocycles. The van der Waals surface area contributed by atoms with Crippen molar-refractivity contribution in [1.29, 1.82) is 0 Å². The molecule has 5 nitrogen and oxygen atoms in total. The summed E-state index contributed by atoms with van der Waals surface area (Å²) in [6.07, 6.45) is 0.833. The van der Waals surface area contributed by atoms with Gasteiger partial charge in [-0.15, -0.1) is 0 Å². The first-order valence-corrected chi connectivity index (χ1v) is 2.83. The van der Waals surface area contributed by atoms with Gasteiger partial charge in [0.15, 0.2) is 0 Å². The Morgan fingerprint density at radius 3 is 1.67 bits per heavy atom. The number of hydrogen-bond donors (Lipinski definition) is 3. The summed E-state index contributed by atoms with van der Waals surface area (Å²) in [5, 5.41) is 23.6. The molecule has 0 spiro atoms. The average molecular weight is 174 g/mol. The van der Waals surface area contributed by atoms with Crippen molar-refractivity contribution >= 4 is 11.9 Å². The number of carbonyl (C=O) groups is 2. The molecule has 0 atom stereocenters. The first-order chi connectivity index (χ1) is 5.45. The van der Waals surface area contributed by atoms with Crippen LogP contribution >= 0.6 is 0 Å². The predicted octanol–water partition coefficient (Wildman–Crippen LogP) is -0.123. The molecule has 0 fully saturated rings. The number of aliphatic carboxylic acids is 2. The molecule has 12 heavy (non-hydrogen) atoms. The second kappa shape index (κ2) is 7.49. The second-order valence-corrected chi connectivity index (χ2v) is 1.61. The zero-order chi connectivity index (χ0) is 10.1. The molecule has 0 aromatic carbocycles. The van der Waals surface area contributed by atoms with Gasteiger partial charge < -0.3 is 15.3 Å². The van der Waals surface area contributed by atoms with Gasteiger partial charge in [-0.1, -0.05) is 13.2 Å². The molecule has 0 radical (unpaired) electrons. The van der Waals surface area contributed by atoms with Crippen molar-refractivity contribution in [3.05, 3.63) is 24.8 Å². The molecule has 0 unspecified atom stereocenters. The fourth-order valence-corrected chi connectivity index (χ4v) is 0.0676. The number of carboxylic acid groups (broad SMARTS) is 2. The molecule has 0 saturated carbocycles. The standard InChI is InChI=1S/C4H6O3.C3H4O2/c1-3(2-5)4(6)7;1-2-3(4)5/h5H,1-2H2,(H,6,7);2H,1H2,(H,4,5). The van der Waals surface area contributed by atoms with E-state index in [0.29, 0.717) is 0 Å².